The number of nitrogens with zero attached hydrogens (tertiary/aromatic N) is 5. The van der Waals surface area contributed by atoms with Gasteiger partial charge in [-0.2, -0.15) is 5.26 Å². The lowest BCUT2D eigenvalue weighted by molar-refractivity contribution is 0.110. The number of benzene rings is 2. The Kier molecular flexibility index (Phi) is 6.99. The van der Waals surface area contributed by atoms with Crippen LogP contribution in [-0.4, -0.2) is 76.6 Å². The Hall–Kier alpha value is -4.14. The van der Waals surface area contributed by atoms with Crippen LogP contribution in [0.2, 0.25) is 0 Å². The van der Waals surface area contributed by atoms with Gasteiger partial charge in [-0.1, -0.05) is 13.0 Å². The number of pyridine rings is 2. The minimum atomic E-state index is -0.947. The fourth-order valence-electron chi connectivity index (χ4n) is 8.54. The van der Waals surface area contributed by atoms with E-state index in [-0.39, 0.29) is 52.7 Å². The zero-order valence-corrected chi connectivity index (χ0v) is 25.6. The third-order valence-electron chi connectivity index (χ3n) is 10.6. The van der Waals surface area contributed by atoms with Gasteiger partial charge in [0.05, 0.1) is 11.2 Å². The van der Waals surface area contributed by atoms with Crippen LogP contribution in [0.4, 0.5) is 18.9 Å². The van der Waals surface area contributed by atoms with E-state index in [2.05, 4.69) is 31.2 Å². The van der Waals surface area contributed by atoms with Crippen molar-refractivity contribution < 1.29 is 23.0 Å². The Balaban J connectivity index is 1.32. The second kappa shape index (κ2) is 11.0. The number of hydrogen-bond acceptors (Lipinski definition) is 8. The molecule has 4 atom stereocenters. The van der Waals surface area contributed by atoms with Crippen molar-refractivity contribution in [1.29, 1.82) is 5.26 Å². The quantitative estimate of drug-likeness (QED) is 0.278. The van der Waals surface area contributed by atoms with Crippen molar-refractivity contribution in [3.05, 3.63) is 53.2 Å². The van der Waals surface area contributed by atoms with Gasteiger partial charge in [-0.3, -0.25) is 9.88 Å². The summed E-state index contributed by atoms with van der Waals surface area (Å²) in [5.74, 6) is -1.27. The molecule has 8 nitrogen and oxygen atoms in total. The first kappa shape index (κ1) is 29.3. The number of anilines is 1. The van der Waals surface area contributed by atoms with Crippen molar-refractivity contribution in [2.75, 3.05) is 37.7 Å². The summed E-state index contributed by atoms with van der Waals surface area (Å²) in [4.78, 5) is 13.4. The lowest BCUT2D eigenvalue weighted by Gasteiger charge is -2.36. The molecule has 4 aromatic rings. The zero-order chi connectivity index (χ0) is 31.7. The van der Waals surface area contributed by atoms with Crippen LogP contribution in [0.3, 0.4) is 0 Å². The van der Waals surface area contributed by atoms with Gasteiger partial charge in [0.15, 0.2) is 5.82 Å². The Morgan fingerprint density at radius 2 is 1.98 bits per heavy atom. The van der Waals surface area contributed by atoms with E-state index < -0.39 is 23.3 Å². The maximum atomic E-state index is 17.0. The van der Waals surface area contributed by atoms with Gasteiger partial charge in [0.2, 0.25) is 5.88 Å². The van der Waals surface area contributed by atoms with Crippen molar-refractivity contribution >= 4 is 27.4 Å². The molecule has 4 aliphatic rings. The lowest BCUT2D eigenvalue weighted by atomic mass is 9.94. The number of aromatic nitrogens is 2. The molecular formula is C35H35F3N6O2. The molecule has 6 heterocycles. The van der Waals surface area contributed by atoms with Gasteiger partial charge in [0.25, 0.3) is 0 Å². The summed E-state index contributed by atoms with van der Waals surface area (Å²) in [5.41, 5.74) is 0.778. The third kappa shape index (κ3) is 4.56. The normalized spacial score (nSPS) is 25.8. The topological polar surface area (TPSA) is 97.5 Å². The SMILES string of the molecule is CCc1c(F)ccc2cc(O)cc(-c3ncc4c(N5C[C@H]6CC[C@@H](C5)N6)c(C#N)c(OC[C@@]56CCCN5C[C@H](F)C6)nc4c3F)c12. The van der Waals surface area contributed by atoms with E-state index in [9.17, 15) is 19.1 Å². The zero-order valence-electron chi connectivity index (χ0n) is 25.6. The molecule has 0 spiro atoms. The first-order valence-electron chi connectivity index (χ1n) is 16.2. The van der Waals surface area contributed by atoms with Gasteiger partial charge in [-0.25, -0.2) is 18.2 Å². The number of nitrogens with one attached hydrogen (secondary N) is 1. The molecule has 0 saturated carbocycles. The number of nitriles is 1. The molecule has 4 fully saturated rings. The number of hydrogen-bond donors (Lipinski definition) is 2. The van der Waals surface area contributed by atoms with E-state index in [1.54, 1.807) is 6.07 Å². The highest BCUT2D eigenvalue weighted by molar-refractivity contribution is 6.03. The molecule has 238 valence electrons. The predicted molar refractivity (Wildman–Crippen MR) is 169 cm³/mol. The summed E-state index contributed by atoms with van der Waals surface area (Å²) in [7, 11) is 0. The minimum absolute atomic E-state index is 0.0107. The average Bonchev–Trinajstić information content (AvgIpc) is 3.69. The van der Waals surface area contributed by atoms with E-state index in [4.69, 9.17) is 4.74 Å². The van der Waals surface area contributed by atoms with Crippen LogP contribution in [0.15, 0.2) is 30.5 Å². The Morgan fingerprint density at radius 1 is 1.17 bits per heavy atom. The van der Waals surface area contributed by atoms with Crippen molar-refractivity contribution in [1.82, 2.24) is 20.2 Å². The van der Waals surface area contributed by atoms with Crippen LogP contribution in [0.5, 0.6) is 11.6 Å². The first-order valence-corrected chi connectivity index (χ1v) is 16.2. The number of rotatable bonds is 6. The van der Waals surface area contributed by atoms with Crippen molar-refractivity contribution in [3.63, 3.8) is 0 Å². The van der Waals surface area contributed by atoms with Gasteiger partial charge in [0.1, 0.15) is 47.2 Å². The molecule has 0 unspecified atom stereocenters. The molecule has 11 heteroatoms. The highest BCUT2D eigenvalue weighted by atomic mass is 19.1. The van der Waals surface area contributed by atoms with Gasteiger partial charge in [-0.05, 0) is 73.2 Å². The van der Waals surface area contributed by atoms with Crippen LogP contribution in [0.1, 0.15) is 50.2 Å². The highest BCUT2D eigenvalue weighted by Gasteiger charge is 2.49. The summed E-state index contributed by atoms with van der Waals surface area (Å²) in [6, 6.07) is 8.60. The summed E-state index contributed by atoms with van der Waals surface area (Å²) < 4.78 is 52.9. The second-order valence-corrected chi connectivity index (χ2v) is 13.3. The fourth-order valence-corrected chi connectivity index (χ4v) is 8.54. The van der Waals surface area contributed by atoms with Crippen LogP contribution in [0, 0.1) is 23.0 Å². The third-order valence-corrected chi connectivity index (χ3v) is 10.6. The van der Waals surface area contributed by atoms with Gasteiger partial charge in [0, 0.05) is 55.3 Å². The molecule has 4 saturated heterocycles. The molecule has 2 aromatic heterocycles. The number of piperazine rings is 1. The molecule has 2 aromatic carbocycles. The van der Waals surface area contributed by atoms with Crippen molar-refractivity contribution in [2.24, 2.45) is 0 Å². The van der Waals surface area contributed by atoms with E-state index in [1.807, 2.05) is 6.92 Å². The number of fused-ring (bicyclic) bond motifs is 5. The van der Waals surface area contributed by atoms with Crippen LogP contribution in [-0.2, 0) is 6.42 Å². The van der Waals surface area contributed by atoms with Gasteiger partial charge in [-0.15, -0.1) is 0 Å². The van der Waals surface area contributed by atoms with E-state index >= 15 is 4.39 Å². The average molecular weight is 629 g/mol. The standard InChI is InChI=1S/C35H35F3N6O2/c1-2-24-28(37)7-4-19-10-23(45)11-25(29(19)24)31-30(38)32-27(14-40-31)33(43-16-21-5-6-22(17-43)41-21)26(13-39)34(42-32)46-18-35-8-3-9-44(35)15-20(36)12-35/h4,7,10-11,14,20-22,41,45H,2-3,5-6,8-9,12,15-18H2,1H3/t20-,21-,22+,35+/m1/s1. The summed E-state index contributed by atoms with van der Waals surface area (Å²) >= 11 is 0. The number of phenols is 1. The molecule has 8 rings (SSSR count). The number of halogens is 3. The molecular weight excluding hydrogens is 593 g/mol. The van der Waals surface area contributed by atoms with Gasteiger partial charge < -0.3 is 20.1 Å². The largest absolute Gasteiger partial charge is 0.508 e. The van der Waals surface area contributed by atoms with Crippen molar-refractivity contribution in [2.45, 2.75) is 69.2 Å². The summed E-state index contributed by atoms with van der Waals surface area (Å²) in [5, 5.41) is 26.1. The lowest BCUT2D eigenvalue weighted by Crippen LogP contribution is -2.51. The highest BCUT2D eigenvalue weighted by Crippen LogP contribution is 2.44. The monoisotopic (exact) mass is 628 g/mol. The number of aromatic hydroxyl groups is 1. The number of aryl methyl sites for hydroxylation is 1. The fraction of sp³-hybridized carbons (Fsp3) is 0.457. The number of alkyl halides is 1. The molecule has 0 radical (unpaired) electrons. The van der Waals surface area contributed by atoms with Crippen LogP contribution in [0.25, 0.3) is 32.9 Å². The number of phenolic OH excluding ortho intramolecular Hbond substituents is 1. The van der Waals surface area contributed by atoms with E-state index in [0.29, 0.717) is 59.9 Å². The smallest absolute Gasteiger partial charge is 0.234 e. The minimum Gasteiger partial charge on any atom is -0.508 e. The van der Waals surface area contributed by atoms with Gasteiger partial charge >= 0.3 is 0 Å². The summed E-state index contributed by atoms with van der Waals surface area (Å²) in [6.07, 6.45) is 5.01. The van der Waals surface area contributed by atoms with Crippen LogP contribution < -0.4 is 15.0 Å². The van der Waals surface area contributed by atoms with E-state index in [0.717, 1.165) is 32.2 Å². The molecule has 2 bridgehead atoms. The number of ether oxygens (including phenoxy) is 1. The molecule has 0 aliphatic carbocycles. The molecule has 0 amide bonds. The van der Waals surface area contributed by atoms with E-state index in [1.165, 1.54) is 24.4 Å². The van der Waals surface area contributed by atoms with Crippen molar-refractivity contribution in [3.8, 4) is 29.0 Å². The summed E-state index contributed by atoms with van der Waals surface area (Å²) in [6.45, 7) is 4.37. The Morgan fingerprint density at radius 3 is 2.74 bits per heavy atom. The first-order chi connectivity index (χ1) is 22.3. The molecule has 46 heavy (non-hydrogen) atoms. The maximum Gasteiger partial charge on any atom is 0.234 e. The molecule has 4 aliphatic heterocycles. The second-order valence-electron chi connectivity index (χ2n) is 13.3. The Bertz CT molecular complexity index is 1920. The maximum absolute atomic E-state index is 17.0. The Labute approximate surface area is 264 Å². The van der Waals surface area contributed by atoms with Crippen LogP contribution >= 0.6 is 0 Å². The predicted octanol–water partition coefficient (Wildman–Crippen LogP) is 5.76. The molecule has 2 N–H and O–H groups in total.